The van der Waals surface area contributed by atoms with Gasteiger partial charge in [0.15, 0.2) is 5.69 Å². The van der Waals surface area contributed by atoms with Gasteiger partial charge in [-0.05, 0) is 36.6 Å². The molecule has 0 spiro atoms. The van der Waals surface area contributed by atoms with Gasteiger partial charge in [-0.1, -0.05) is 6.07 Å². The Hall–Kier alpha value is -2.67. The molecule has 0 aromatic carbocycles. The van der Waals surface area contributed by atoms with Crippen LogP contribution in [-0.2, 0) is 0 Å². The van der Waals surface area contributed by atoms with Gasteiger partial charge in [0.1, 0.15) is 0 Å². The number of anilines is 1. The summed E-state index contributed by atoms with van der Waals surface area (Å²) in [5, 5.41) is 9.21. The Kier molecular flexibility index (Phi) is 4.23. The molecule has 1 aliphatic rings. The molecule has 1 unspecified atom stereocenters. The summed E-state index contributed by atoms with van der Waals surface area (Å²) in [5.74, 6) is -0.0130. The van der Waals surface area contributed by atoms with Crippen molar-refractivity contribution in [1.29, 1.82) is 0 Å². The Labute approximate surface area is 150 Å². The van der Waals surface area contributed by atoms with Gasteiger partial charge in [0.25, 0.3) is 5.91 Å². The minimum Gasteiger partial charge on any atom is -0.368 e. The molecule has 0 saturated carbocycles. The highest BCUT2D eigenvalue weighted by atomic mass is 32.1. The molecule has 4 rings (SSSR count). The molecule has 3 aromatic rings. The fourth-order valence-corrected chi connectivity index (χ4v) is 3.88. The van der Waals surface area contributed by atoms with Crippen LogP contribution in [0, 0.1) is 0 Å². The molecular weight excluding hydrogens is 334 g/mol. The van der Waals surface area contributed by atoms with Gasteiger partial charge in [0.2, 0.25) is 0 Å². The summed E-state index contributed by atoms with van der Waals surface area (Å²) in [4.78, 5) is 22.2. The molecule has 1 saturated heterocycles. The van der Waals surface area contributed by atoms with E-state index in [0.717, 1.165) is 29.3 Å². The second-order valence-electron chi connectivity index (χ2n) is 6.14. The third-order valence-corrected chi connectivity index (χ3v) is 5.40. The third-order valence-electron chi connectivity index (χ3n) is 4.50. The topological polar surface area (TPSA) is 65.1 Å². The smallest absolute Gasteiger partial charge is 0.274 e. The molecule has 1 atom stereocenters. The maximum atomic E-state index is 12.9. The summed E-state index contributed by atoms with van der Waals surface area (Å²) >= 11 is 1.63. The van der Waals surface area contributed by atoms with Crippen LogP contribution < -0.4 is 4.90 Å². The molecule has 7 heteroatoms. The van der Waals surface area contributed by atoms with E-state index in [9.17, 15) is 4.79 Å². The van der Waals surface area contributed by atoms with Crippen LogP contribution in [0.5, 0.6) is 0 Å². The highest BCUT2D eigenvalue weighted by Gasteiger charge is 2.29. The minimum absolute atomic E-state index is 0.0130. The van der Waals surface area contributed by atoms with Crippen LogP contribution in [0.15, 0.2) is 48.1 Å². The molecule has 0 aliphatic carbocycles. The van der Waals surface area contributed by atoms with Gasteiger partial charge in [0, 0.05) is 43.8 Å². The van der Waals surface area contributed by atoms with Crippen molar-refractivity contribution in [3.8, 4) is 10.6 Å². The molecule has 25 heavy (non-hydrogen) atoms. The lowest BCUT2D eigenvalue weighted by atomic mass is 10.1. The normalized spacial score (nSPS) is 17.7. The van der Waals surface area contributed by atoms with Gasteiger partial charge in [0.05, 0.1) is 10.6 Å². The first-order chi connectivity index (χ1) is 12.2. The maximum Gasteiger partial charge on any atom is 0.274 e. The van der Waals surface area contributed by atoms with Crippen LogP contribution in [0.25, 0.3) is 10.6 Å². The number of amides is 1. The van der Waals surface area contributed by atoms with Crippen LogP contribution in [0.2, 0.25) is 0 Å². The number of hydrogen-bond acceptors (Lipinski definition) is 5. The summed E-state index contributed by atoms with van der Waals surface area (Å²) in [6.07, 6.45) is 3.60. The molecule has 0 bridgehead atoms. The van der Waals surface area contributed by atoms with E-state index in [0.29, 0.717) is 12.2 Å². The van der Waals surface area contributed by atoms with Crippen LogP contribution in [0.4, 0.5) is 5.69 Å². The number of thiophene rings is 1. The molecule has 4 heterocycles. The number of piperazine rings is 1. The maximum absolute atomic E-state index is 12.9. The van der Waals surface area contributed by atoms with E-state index in [4.69, 9.17) is 0 Å². The second kappa shape index (κ2) is 6.68. The summed E-state index contributed by atoms with van der Waals surface area (Å²) in [5.41, 5.74) is 2.52. The fourth-order valence-electron chi connectivity index (χ4n) is 3.19. The van der Waals surface area contributed by atoms with Crippen LogP contribution in [0.1, 0.15) is 17.4 Å². The van der Waals surface area contributed by atoms with E-state index in [1.165, 1.54) is 0 Å². The number of carbonyl (C=O) groups is 1. The molecular formula is C18H19N5OS. The number of nitrogens with zero attached hydrogens (tertiary/aromatic N) is 4. The quantitative estimate of drug-likeness (QED) is 0.786. The van der Waals surface area contributed by atoms with Gasteiger partial charge < -0.3 is 9.80 Å². The molecule has 1 fully saturated rings. The monoisotopic (exact) mass is 353 g/mol. The van der Waals surface area contributed by atoms with Gasteiger partial charge in [-0.25, -0.2) is 0 Å². The van der Waals surface area contributed by atoms with Crippen molar-refractivity contribution < 1.29 is 4.79 Å². The van der Waals surface area contributed by atoms with Crippen molar-refractivity contribution in [1.82, 2.24) is 20.1 Å². The van der Waals surface area contributed by atoms with Crippen molar-refractivity contribution in [3.63, 3.8) is 0 Å². The van der Waals surface area contributed by atoms with Crippen molar-refractivity contribution >= 4 is 22.9 Å². The largest absolute Gasteiger partial charge is 0.368 e. The first-order valence-electron chi connectivity index (χ1n) is 8.27. The van der Waals surface area contributed by atoms with Crippen molar-refractivity contribution in [2.24, 2.45) is 0 Å². The number of pyridine rings is 1. The fraction of sp³-hybridized carbons (Fsp3) is 0.278. The first kappa shape index (κ1) is 15.8. The standard InChI is InChI=1S/C18H19N5OS/c1-13-12-22(14-4-6-19-7-5-14)8-9-23(13)18(24)16-11-15(20-21-16)17-3-2-10-25-17/h2-7,10-11,13H,8-9,12H2,1H3,(H,20,21). The van der Waals surface area contributed by atoms with E-state index in [-0.39, 0.29) is 11.9 Å². The predicted molar refractivity (Wildman–Crippen MR) is 98.8 cm³/mol. The van der Waals surface area contributed by atoms with E-state index >= 15 is 0 Å². The van der Waals surface area contributed by atoms with Gasteiger partial charge >= 0.3 is 0 Å². The van der Waals surface area contributed by atoms with Gasteiger partial charge in [-0.15, -0.1) is 11.3 Å². The van der Waals surface area contributed by atoms with Crippen LogP contribution in [0.3, 0.4) is 0 Å². The summed E-state index contributed by atoms with van der Waals surface area (Å²) in [7, 11) is 0. The zero-order valence-corrected chi connectivity index (χ0v) is 14.7. The van der Waals surface area contributed by atoms with E-state index in [1.54, 1.807) is 23.7 Å². The Bertz CT molecular complexity index is 846. The highest BCUT2D eigenvalue weighted by molar-refractivity contribution is 7.13. The molecule has 0 radical (unpaired) electrons. The van der Waals surface area contributed by atoms with Gasteiger partial charge in [-0.2, -0.15) is 5.10 Å². The number of aromatic amines is 1. The molecule has 1 N–H and O–H groups in total. The number of nitrogens with one attached hydrogen (secondary N) is 1. The zero-order chi connectivity index (χ0) is 17.2. The number of carbonyl (C=O) groups excluding carboxylic acids is 1. The Balaban J connectivity index is 1.47. The van der Waals surface area contributed by atoms with Crippen LogP contribution >= 0.6 is 11.3 Å². The lowest BCUT2D eigenvalue weighted by Gasteiger charge is -2.40. The highest BCUT2D eigenvalue weighted by Crippen LogP contribution is 2.24. The Morgan fingerprint density at radius 1 is 1.28 bits per heavy atom. The Morgan fingerprint density at radius 3 is 2.84 bits per heavy atom. The number of H-pyrrole nitrogens is 1. The average Bonchev–Trinajstić information content (AvgIpc) is 3.33. The summed E-state index contributed by atoms with van der Waals surface area (Å²) < 4.78 is 0. The average molecular weight is 353 g/mol. The zero-order valence-electron chi connectivity index (χ0n) is 13.9. The molecule has 6 nitrogen and oxygen atoms in total. The molecule has 128 valence electrons. The third kappa shape index (κ3) is 3.15. The summed E-state index contributed by atoms with van der Waals surface area (Å²) in [6, 6.07) is 9.98. The number of aromatic nitrogens is 3. The number of rotatable bonds is 3. The van der Waals surface area contributed by atoms with E-state index in [1.807, 2.05) is 40.6 Å². The molecule has 3 aromatic heterocycles. The first-order valence-corrected chi connectivity index (χ1v) is 9.15. The SMILES string of the molecule is CC1CN(c2ccncc2)CCN1C(=O)c1cc(-c2cccs2)[nH]n1. The number of hydrogen-bond donors (Lipinski definition) is 1. The predicted octanol–water partition coefficient (Wildman–Crippen LogP) is 2.88. The summed E-state index contributed by atoms with van der Waals surface area (Å²) in [6.45, 7) is 4.38. The van der Waals surface area contributed by atoms with Crippen LogP contribution in [-0.4, -0.2) is 51.7 Å². The lowest BCUT2D eigenvalue weighted by molar-refractivity contribution is 0.0668. The minimum atomic E-state index is -0.0130. The lowest BCUT2D eigenvalue weighted by Crippen LogP contribution is -2.54. The van der Waals surface area contributed by atoms with Gasteiger partial charge in [-0.3, -0.25) is 14.9 Å². The van der Waals surface area contributed by atoms with E-state index < -0.39 is 0 Å². The van der Waals surface area contributed by atoms with Crippen molar-refractivity contribution in [2.45, 2.75) is 13.0 Å². The second-order valence-corrected chi connectivity index (χ2v) is 7.09. The van der Waals surface area contributed by atoms with Crippen molar-refractivity contribution in [3.05, 3.63) is 53.8 Å². The molecule has 1 aliphatic heterocycles. The van der Waals surface area contributed by atoms with Crippen molar-refractivity contribution in [2.75, 3.05) is 24.5 Å². The Morgan fingerprint density at radius 2 is 2.12 bits per heavy atom. The van der Waals surface area contributed by atoms with E-state index in [2.05, 4.69) is 27.0 Å². The molecule has 1 amide bonds.